The van der Waals surface area contributed by atoms with Crippen LogP contribution in [0.5, 0.6) is 0 Å². The van der Waals surface area contributed by atoms with E-state index >= 15 is 0 Å². The Kier molecular flexibility index (Phi) is 4.17. The highest BCUT2D eigenvalue weighted by molar-refractivity contribution is 7.89. The zero-order valence-corrected chi connectivity index (χ0v) is 11.5. The van der Waals surface area contributed by atoms with Crippen molar-refractivity contribution in [3.05, 3.63) is 23.7 Å². The lowest BCUT2D eigenvalue weighted by molar-refractivity contribution is 0.258. The van der Waals surface area contributed by atoms with Crippen LogP contribution < -0.4 is 4.72 Å². The van der Waals surface area contributed by atoms with E-state index in [0.717, 1.165) is 10.2 Å². The second-order valence-electron chi connectivity index (χ2n) is 3.88. The molecule has 0 bridgehead atoms. The summed E-state index contributed by atoms with van der Waals surface area (Å²) in [5.41, 5.74) is 0.756. The molecule has 2 aromatic rings. The molecule has 2 aromatic heterocycles. The number of aliphatic hydroxyl groups is 1. The molecule has 2 N–H and O–H groups in total. The zero-order chi connectivity index (χ0) is 13.9. The van der Waals surface area contributed by atoms with Crippen LogP contribution >= 0.6 is 11.3 Å². The van der Waals surface area contributed by atoms with E-state index in [9.17, 15) is 8.42 Å². The van der Waals surface area contributed by atoms with Gasteiger partial charge >= 0.3 is 0 Å². The Morgan fingerprint density at radius 1 is 1.58 bits per heavy atom. The van der Waals surface area contributed by atoms with Gasteiger partial charge in [0, 0.05) is 12.6 Å². The molecule has 2 rings (SSSR count). The maximum Gasteiger partial charge on any atom is 0.242 e. The number of rotatable bonds is 5. The number of terminal acetylenes is 1. The van der Waals surface area contributed by atoms with Crippen LogP contribution in [0.3, 0.4) is 0 Å². The van der Waals surface area contributed by atoms with Crippen LogP contribution in [0.2, 0.25) is 0 Å². The summed E-state index contributed by atoms with van der Waals surface area (Å²) in [6, 6.07) is 2.69. The van der Waals surface area contributed by atoms with Gasteiger partial charge in [-0.1, -0.05) is 0 Å². The van der Waals surface area contributed by atoms with Crippen molar-refractivity contribution < 1.29 is 13.5 Å². The summed E-state index contributed by atoms with van der Waals surface area (Å²) in [7, 11) is -3.72. The van der Waals surface area contributed by atoms with Gasteiger partial charge in [0.15, 0.2) is 0 Å². The van der Waals surface area contributed by atoms with Gasteiger partial charge in [0.2, 0.25) is 10.0 Å². The monoisotopic (exact) mass is 296 g/mol. The Labute approximate surface area is 115 Å². The number of nitrogens with one attached hydrogen (secondary N) is 1. The third-order valence-corrected chi connectivity index (χ3v) is 4.83. The number of hydrogen-bond donors (Lipinski definition) is 2. The minimum absolute atomic E-state index is 0.0675. The second-order valence-corrected chi connectivity index (χ2v) is 6.55. The number of fused-ring (bicyclic) bond motifs is 1. The van der Waals surface area contributed by atoms with E-state index in [-0.39, 0.29) is 17.9 Å². The van der Waals surface area contributed by atoms with Gasteiger partial charge < -0.3 is 5.11 Å². The number of aliphatic hydroxyl groups excluding tert-OH is 1. The lowest BCUT2D eigenvalue weighted by Crippen LogP contribution is -2.37. The summed E-state index contributed by atoms with van der Waals surface area (Å²) in [5, 5.41) is 10.9. The highest BCUT2D eigenvalue weighted by atomic mass is 32.2. The number of aromatic nitrogens is 1. The smallest absolute Gasteiger partial charge is 0.242 e. The van der Waals surface area contributed by atoms with Gasteiger partial charge in [-0.25, -0.2) is 13.1 Å². The molecule has 0 fully saturated rings. The Morgan fingerprint density at radius 2 is 2.37 bits per heavy atom. The number of sulfonamides is 1. The van der Waals surface area contributed by atoms with Crippen LogP contribution in [0.1, 0.15) is 6.42 Å². The van der Waals surface area contributed by atoms with Gasteiger partial charge in [-0.3, -0.25) is 4.98 Å². The van der Waals surface area contributed by atoms with Crippen molar-refractivity contribution in [2.45, 2.75) is 17.4 Å². The van der Waals surface area contributed by atoms with Gasteiger partial charge in [-0.05, 0) is 17.5 Å². The fourth-order valence-corrected chi connectivity index (χ4v) is 3.60. The zero-order valence-electron chi connectivity index (χ0n) is 9.91. The van der Waals surface area contributed by atoms with Crippen LogP contribution in [-0.4, -0.2) is 31.2 Å². The highest BCUT2D eigenvalue weighted by Gasteiger charge is 2.20. The van der Waals surface area contributed by atoms with E-state index in [4.69, 9.17) is 11.5 Å². The van der Waals surface area contributed by atoms with Gasteiger partial charge in [0.05, 0.1) is 22.9 Å². The minimum Gasteiger partial charge on any atom is -0.395 e. The summed E-state index contributed by atoms with van der Waals surface area (Å²) in [6.45, 7) is -0.349. The molecular weight excluding hydrogens is 284 g/mol. The number of pyridine rings is 1. The van der Waals surface area contributed by atoms with Crippen molar-refractivity contribution in [2.24, 2.45) is 0 Å². The fourth-order valence-electron chi connectivity index (χ4n) is 1.55. The van der Waals surface area contributed by atoms with Crippen molar-refractivity contribution in [1.29, 1.82) is 0 Å². The summed E-state index contributed by atoms with van der Waals surface area (Å²) < 4.78 is 27.4. The third-order valence-electron chi connectivity index (χ3n) is 2.49. The van der Waals surface area contributed by atoms with E-state index in [1.807, 2.05) is 11.4 Å². The van der Waals surface area contributed by atoms with Crippen LogP contribution in [0.15, 0.2) is 28.6 Å². The van der Waals surface area contributed by atoms with Gasteiger partial charge in [0.25, 0.3) is 0 Å². The molecule has 100 valence electrons. The van der Waals surface area contributed by atoms with Gasteiger partial charge in [-0.15, -0.1) is 23.7 Å². The quantitative estimate of drug-likeness (QED) is 0.805. The Balaban J connectivity index is 2.30. The molecule has 0 saturated heterocycles. The van der Waals surface area contributed by atoms with Crippen molar-refractivity contribution in [2.75, 3.05) is 6.61 Å². The first kappa shape index (κ1) is 14.0. The normalized spacial score (nSPS) is 13.3. The molecule has 7 heteroatoms. The molecule has 0 aliphatic rings. The molecule has 0 radical (unpaired) electrons. The van der Waals surface area contributed by atoms with E-state index < -0.39 is 16.1 Å². The summed E-state index contributed by atoms with van der Waals surface area (Å²) in [6.07, 6.45) is 6.54. The van der Waals surface area contributed by atoms with Crippen LogP contribution in [0.25, 0.3) is 10.2 Å². The average Bonchev–Trinajstić information content (AvgIpc) is 2.85. The summed E-state index contributed by atoms with van der Waals surface area (Å²) >= 11 is 1.42. The molecule has 1 unspecified atom stereocenters. The second kappa shape index (κ2) is 5.67. The van der Waals surface area contributed by atoms with Crippen LogP contribution in [-0.2, 0) is 10.0 Å². The van der Waals surface area contributed by atoms with Crippen LogP contribution in [0, 0.1) is 12.3 Å². The SMILES string of the molecule is C#CCC(CO)NS(=O)(=O)c1cnc2ccsc2c1. The van der Waals surface area contributed by atoms with Crippen molar-refractivity contribution >= 4 is 31.6 Å². The van der Waals surface area contributed by atoms with E-state index in [0.29, 0.717) is 0 Å². The van der Waals surface area contributed by atoms with E-state index in [2.05, 4.69) is 15.6 Å². The van der Waals surface area contributed by atoms with E-state index in [1.165, 1.54) is 17.5 Å². The van der Waals surface area contributed by atoms with Crippen molar-refractivity contribution in [3.63, 3.8) is 0 Å². The van der Waals surface area contributed by atoms with Gasteiger partial charge in [-0.2, -0.15) is 0 Å². The van der Waals surface area contributed by atoms with Crippen molar-refractivity contribution in [1.82, 2.24) is 9.71 Å². The van der Waals surface area contributed by atoms with Gasteiger partial charge in [0.1, 0.15) is 4.90 Å². The minimum atomic E-state index is -3.72. The maximum absolute atomic E-state index is 12.1. The molecule has 0 aromatic carbocycles. The summed E-state index contributed by atoms with van der Waals surface area (Å²) in [4.78, 5) is 4.14. The Bertz CT molecular complexity index is 716. The molecular formula is C12H12N2O3S2. The molecule has 2 heterocycles. The third kappa shape index (κ3) is 3.11. The van der Waals surface area contributed by atoms with Crippen molar-refractivity contribution in [3.8, 4) is 12.3 Å². The predicted molar refractivity (Wildman–Crippen MR) is 74.3 cm³/mol. The predicted octanol–water partition coefficient (Wildman–Crippen LogP) is 0.959. The first-order chi connectivity index (χ1) is 9.06. The summed E-state index contributed by atoms with van der Waals surface area (Å²) in [5.74, 6) is 2.32. The molecule has 0 aliphatic heterocycles. The first-order valence-electron chi connectivity index (χ1n) is 5.46. The number of thiophene rings is 1. The lowest BCUT2D eigenvalue weighted by Gasteiger charge is -2.13. The number of hydrogen-bond acceptors (Lipinski definition) is 5. The lowest BCUT2D eigenvalue weighted by atomic mass is 10.2. The first-order valence-corrected chi connectivity index (χ1v) is 7.83. The Morgan fingerprint density at radius 3 is 3.05 bits per heavy atom. The average molecular weight is 296 g/mol. The molecule has 0 spiro atoms. The topological polar surface area (TPSA) is 79.3 Å². The fraction of sp³-hybridized carbons (Fsp3) is 0.250. The molecule has 0 aliphatic carbocycles. The molecule has 5 nitrogen and oxygen atoms in total. The highest BCUT2D eigenvalue weighted by Crippen LogP contribution is 2.21. The van der Waals surface area contributed by atoms with Crippen LogP contribution in [0.4, 0.5) is 0 Å². The number of nitrogens with zero attached hydrogens (tertiary/aromatic N) is 1. The standard InChI is InChI=1S/C12H12N2O3S2/c1-2-3-9(8-15)14-19(16,17)10-6-12-11(13-7-10)4-5-18-12/h1,4-7,9,14-15H,3,8H2. The molecule has 0 amide bonds. The largest absolute Gasteiger partial charge is 0.395 e. The molecule has 19 heavy (non-hydrogen) atoms. The Hall–Kier alpha value is -1.46. The molecule has 0 saturated carbocycles. The molecule has 1 atom stereocenters. The maximum atomic E-state index is 12.1. The van der Waals surface area contributed by atoms with E-state index in [1.54, 1.807) is 6.07 Å².